The topological polar surface area (TPSA) is 87.5 Å². The van der Waals surface area contributed by atoms with Crippen molar-refractivity contribution in [3.05, 3.63) is 65.4 Å². The van der Waals surface area contributed by atoms with Crippen molar-refractivity contribution in [3.63, 3.8) is 0 Å². The van der Waals surface area contributed by atoms with Crippen LogP contribution in [0.1, 0.15) is 16.8 Å². The number of aromatic nitrogens is 3. The van der Waals surface area contributed by atoms with E-state index in [4.69, 9.17) is 14.2 Å². The van der Waals surface area contributed by atoms with E-state index in [0.717, 1.165) is 22.3 Å². The summed E-state index contributed by atoms with van der Waals surface area (Å²) in [6.07, 6.45) is 0. The van der Waals surface area contributed by atoms with Crippen LogP contribution in [0.2, 0.25) is 0 Å². The maximum atomic E-state index is 12.5. The molecule has 8 nitrogen and oxygen atoms in total. The molecule has 2 aromatic carbocycles. The quantitative estimate of drug-likeness (QED) is 0.453. The SMILES string of the molecule is COc1ccc(NC(=O)COc2cc(C)c3c(C)nn(-c4ccc(C)cc4)c3n2)cc1OC. The lowest BCUT2D eigenvalue weighted by atomic mass is 10.1. The summed E-state index contributed by atoms with van der Waals surface area (Å²) >= 11 is 0. The van der Waals surface area contributed by atoms with Crippen LogP contribution in [0.3, 0.4) is 0 Å². The van der Waals surface area contributed by atoms with Crippen LogP contribution in [0, 0.1) is 20.8 Å². The lowest BCUT2D eigenvalue weighted by Crippen LogP contribution is -2.20. The Bertz CT molecular complexity index is 1310. The monoisotopic (exact) mass is 446 g/mol. The Hall–Kier alpha value is -4.07. The van der Waals surface area contributed by atoms with Crippen molar-refractivity contribution in [2.24, 2.45) is 0 Å². The van der Waals surface area contributed by atoms with Crippen molar-refractivity contribution in [1.82, 2.24) is 14.8 Å². The van der Waals surface area contributed by atoms with Gasteiger partial charge in [-0.3, -0.25) is 4.79 Å². The number of pyridine rings is 1. The van der Waals surface area contributed by atoms with Gasteiger partial charge in [-0.15, -0.1) is 0 Å². The van der Waals surface area contributed by atoms with E-state index in [1.165, 1.54) is 5.56 Å². The summed E-state index contributed by atoms with van der Waals surface area (Å²) in [5, 5.41) is 8.43. The molecule has 170 valence electrons. The van der Waals surface area contributed by atoms with E-state index in [1.54, 1.807) is 37.1 Å². The highest BCUT2D eigenvalue weighted by atomic mass is 16.5. The van der Waals surface area contributed by atoms with Gasteiger partial charge in [0.25, 0.3) is 5.91 Å². The number of benzene rings is 2. The van der Waals surface area contributed by atoms with Gasteiger partial charge in [-0.1, -0.05) is 17.7 Å². The number of anilines is 1. The molecule has 0 spiro atoms. The van der Waals surface area contributed by atoms with E-state index < -0.39 is 0 Å². The van der Waals surface area contributed by atoms with Crippen LogP contribution in [0.25, 0.3) is 16.7 Å². The second-order valence-corrected chi connectivity index (χ2v) is 7.72. The lowest BCUT2D eigenvalue weighted by Gasteiger charge is -2.11. The molecule has 33 heavy (non-hydrogen) atoms. The van der Waals surface area contributed by atoms with Crippen LogP contribution >= 0.6 is 0 Å². The Labute approximate surface area is 192 Å². The van der Waals surface area contributed by atoms with Gasteiger partial charge in [-0.05, 0) is 50.6 Å². The van der Waals surface area contributed by atoms with Crippen molar-refractivity contribution < 1.29 is 19.0 Å². The van der Waals surface area contributed by atoms with Gasteiger partial charge in [0.05, 0.1) is 25.6 Å². The first-order valence-electron chi connectivity index (χ1n) is 10.5. The number of rotatable bonds is 7. The molecule has 8 heteroatoms. The molecule has 0 saturated heterocycles. The zero-order valence-electron chi connectivity index (χ0n) is 19.3. The predicted molar refractivity (Wildman–Crippen MR) is 127 cm³/mol. The van der Waals surface area contributed by atoms with Crippen molar-refractivity contribution in [2.45, 2.75) is 20.8 Å². The highest BCUT2D eigenvalue weighted by Crippen LogP contribution is 2.30. The number of hydrogen-bond acceptors (Lipinski definition) is 6. The minimum Gasteiger partial charge on any atom is -0.493 e. The molecule has 0 bridgehead atoms. The Balaban J connectivity index is 1.54. The number of fused-ring (bicyclic) bond motifs is 1. The molecule has 0 aliphatic heterocycles. The summed E-state index contributed by atoms with van der Waals surface area (Å²) in [5.41, 5.74) is 5.20. The average Bonchev–Trinajstić information content (AvgIpc) is 3.14. The fourth-order valence-electron chi connectivity index (χ4n) is 3.66. The third-order valence-corrected chi connectivity index (χ3v) is 5.28. The second kappa shape index (κ2) is 9.20. The minimum atomic E-state index is -0.315. The number of hydrogen-bond donors (Lipinski definition) is 1. The molecule has 0 saturated carbocycles. The standard InChI is InChI=1S/C25H26N4O4/c1-15-6-9-19(10-7-15)29-25-24(17(3)28-29)16(2)12-23(27-25)33-14-22(30)26-18-8-11-20(31-4)21(13-18)32-5/h6-13H,14H2,1-5H3,(H,26,30). The zero-order chi connectivity index (χ0) is 23.5. The molecule has 0 unspecified atom stereocenters. The largest absolute Gasteiger partial charge is 0.493 e. The van der Waals surface area contributed by atoms with Gasteiger partial charge in [-0.25, -0.2) is 4.68 Å². The molecule has 0 atom stereocenters. The fraction of sp³-hybridized carbons (Fsp3) is 0.240. The van der Waals surface area contributed by atoms with E-state index in [1.807, 2.05) is 51.1 Å². The average molecular weight is 447 g/mol. The van der Waals surface area contributed by atoms with E-state index >= 15 is 0 Å². The third kappa shape index (κ3) is 4.59. The van der Waals surface area contributed by atoms with Gasteiger partial charge in [0.2, 0.25) is 5.88 Å². The Morgan fingerprint density at radius 1 is 0.970 bits per heavy atom. The van der Waals surface area contributed by atoms with Gasteiger partial charge in [0, 0.05) is 23.2 Å². The maximum absolute atomic E-state index is 12.5. The molecule has 0 aliphatic rings. The molecule has 4 aromatic rings. The number of carbonyl (C=O) groups excluding carboxylic acids is 1. The smallest absolute Gasteiger partial charge is 0.262 e. The number of nitrogens with zero attached hydrogens (tertiary/aromatic N) is 3. The molecular weight excluding hydrogens is 420 g/mol. The lowest BCUT2D eigenvalue weighted by molar-refractivity contribution is -0.118. The van der Waals surface area contributed by atoms with Crippen LogP contribution in [0.4, 0.5) is 5.69 Å². The third-order valence-electron chi connectivity index (χ3n) is 5.28. The van der Waals surface area contributed by atoms with E-state index in [0.29, 0.717) is 28.7 Å². The van der Waals surface area contributed by atoms with Crippen LogP contribution in [-0.4, -0.2) is 41.5 Å². The van der Waals surface area contributed by atoms with Gasteiger partial charge >= 0.3 is 0 Å². The van der Waals surface area contributed by atoms with Gasteiger partial charge < -0.3 is 19.5 Å². The molecule has 0 fully saturated rings. The molecule has 4 rings (SSSR count). The Morgan fingerprint density at radius 3 is 2.39 bits per heavy atom. The summed E-state index contributed by atoms with van der Waals surface area (Å²) in [7, 11) is 3.10. The number of methoxy groups -OCH3 is 2. The van der Waals surface area contributed by atoms with Crippen molar-refractivity contribution in [3.8, 4) is 23.1 Å². The van der Waals surface area contributed by atoms with Gasteiger partial charge in [0.1, 0.15) is 0 Å². The number of ether oxygens (including phenoxy) is 3. The first-order chi connectivity index (χ1) is 15.9. The summed E-state index contributed by atoms with van der Waals surface area (Å²) in [5.74, 6) is 1.15. The van der Waals surface area contributed by atoms with Crippen LogP contribution < -0.4 is 19.5 Å². The Kier molecular flexibility index (Phi) is 6.17. The second-order valence-electron chi connectivity index (χ2n) is 7.72. The van der Waals surface area contributed by atoms with Gasteiger partial charge in [0.15, 0.2) is 23.8 Å². The fourth-order valence-corrected chi connectivity index (χ4v) is 3.66. The van der Waals surface area contributed by atoms with E-state index in [9.17, 15) is 4.79 Å². The van der Waals surface area contributed by atoms with E-state index in [-0.39, 0.29) is 12.5 Å². The van der Waals surface area contributed by atoms with Crippen molar-refractivity contribution in [1.29, 1.82) is 0 Å². The minimum absolute atomic E-state index is 0.191. The normalized spacial score (nSPS) is 10.8. The maximum Gasteiger partial charge on any atom is 0.262 e. The number of amides is 1. The first-order valence-corrected chi connectivity index (χ1v) is 10.5. The summed E-state index contributed by atoms with van der Waals surface area (Å²) < 4.78 is 18.0. The molecule has 1 amide bonds. The number of aryl methyl sites for hydroxylation is 3. The summed E-state index contributed by atoms with van der Waals surface area (Å²) in [4.78, 5) is 17.1. The molecule has 0 aliphatic carbocycles. The van der Waals surface area contributed by atoms with Crippen LogP contribution in [0.15, 0.2) is 48.5 Å². The summed E-state index contributed by atoms with van der Waals surface area (Å²) in [6.45, 7) is 5.79. The van der Waals surface area contributed by atoms with Crippen LogP contribution in [-0.2, 0) is 4.79 Å². The highest BCUT2D eigenvalue weighted by Gasteiger charge is 2.16. The molecule has 2 heterocycles. The van der Waals surface area contributed by atoms with Crippen molar-refractivity contribution >= 4 is 22.6 Å². The highest BCUT2D eigenvalue weighted by molar-refractivity contribution is 5.92. The van der Waals surface area contributed by atoms with Crippen molar-refractivity contribution in [2.75, 3.05) is 26.1 Å². The first kappa shape index (κ1) is 22.1. The molecular formula is C25H26N4O4. The van der Waals surface area contributed by atoms with Crippen LogP contribution in [0.5, 0.6) is 17.4 Å². The molecule has 2 aromatic heterocycles. The molecule has 1 N–H and O–H groups in total. The predicted octanol–water partition coefficient (Wildman–Crippen LogP) is 4.38. The number of carbonyl (C=O) groups is 1. The van der Waals surface area contributed by atoms with Gasteiger partial charge in [-0.2, -0.15) is 10.1 Å². The number of nitrogens with one attached hydrogen (secondary N) is 1. The summed E-state index contributed by atoms with van der Waals surface area (Å²) in [6, 6.07) is 15.0. The zero-order valence-corrected chi connectivity index (χ0v) is 19.3. The van der Waals surface area contributed by atoms with E-state index in [2.05, 4.69) is 15.4 Å². The molecule has 0 radical (unpaired) electrons. The Morgan fingerprint density at radius 2 is 1.70 bits per heavy atom.